The highest BCUT2D eigenvalue weighted by molar-refractivity contribution is 7.87. The topological polar surface area (TPSA) is 69.7 Å². The summed E-state index contributed by atoms with van der Waals surface area (Å²) in [5.41, 5.74) is -6.22. The van der Waals surface area contributed by atoms with Crippen LogP contribution in [0.1, 0.15) is 19.3 Å². The van der Waals surface area contributed by atoms with Gasteiger partial charge in [-0.25, -0.2) is 0 Å². The molecule has 108 valence electrons. The minimum atomic E-state index is -5.71. The second-order valence-corrected chi connectivity index (χ2v) is 6.08. The van der Waals surface area contributed by atoms with Crippen molar-refractivity contribution in [3.05, 3.63) is 11.8 Å². The summed E-state index contributed by atoms with van der Waals surface area (Å²) < 4.78 is 67.1. The minimum absolute atomic E-state index is 0.133. The Balaban J connectivity index is 2.13. The molecule has 19 heavy (non-hydrogen) atoms. The summed E-state index contributed by atoms with van der Waals surface area (Å²) in [6, 6.07) is 0. The smallest absolute Gasteiger partial charge is 0.380 e. The fraction of sp³-hybridized carbons (Fsp3) is 0.700. The summed E-state index contributed by atoms with van der Waals surface area (Å²) >= 11 is 0. The SMILES string of the molecule is O=C1CC(OS(=O)(=O)C(F)(F)F)=CCC12CCOC2. The van der Waals surface area contributed by atoms with Crippen LogP contribution in [-0.2, 0) is 23.8 Å². The highest BCUT2D eigenvalue weighted by Crippen LogP contribution is 2.40. The Morgan fingerprint density at radius 1 is 1.37 bits per heavy atom. The number of alkyl halides is 3. The molecule has 1 aliphatic carbocycles. The zero-order valence-corrected chi connectivity index (χ0v) is 10.5. The van der Waals surface area contributed by atoms with Crippen LogP contribution in [0.3, 0.4) is 0 Å². The van der Waals surface area contributed by atoms with E-state index in [0.717, 1.165) is 0 Å². The van der Waals surface area contributed by atoms with Gasteiger partial charge < -0.3 is 8.92 Å². The molecule has 1 heterocycles. The van der Waals surface area contributed by atoms with Gasteiger partial charge in [0, 0.05) is 6.61 Å². The van der Waals surface area contributed by atoms with Crippen molar-refractivity contribution in [1.29, 1.82) is 0 Å². The summed E-state index contributed by atoms with van der Waals surface area (Å²) in [5, 5.41) is 0. The number of hydrogen-bond donors (Lipinski definition) is 0. The van der Waals surface area contributed by atoms with Gasteiger partial charge in [0.25, 0.3) is 0 Å². The molecule has 1 atom stereocenters. The van der Waals surface area contributed by atoms with E-state index in [-0.39, 0.29) is 18.8 Å². The van der Waals surface area contributed by atoms with Crippen molar-refractivity contribution in [2.45, 2.75) is 24.8 Å². The molecule has 5 nitrogen and oxygen atoms in total. The van der Waals surface area contributed by atoms with E-state index in [0.29, 0.717) is 13.0 Å². The van der Waals surface area contributed by atoms with Crippen molar-refractivity contribution in [1.82, 2.24) is 0 Å². The molecule has 9 heteroatoms. The molecule has 1 spiro atoms. The standard InChI is InChI=1S/C10H11F3O5S/c11-10(12,13)19(15,16)18-7-1-2-9(8(14)5-7)3-4-17-6-9/h1H,2-6H2. The predicted octanol–water partition coefficient (Wildman–Crippen LogP) is 1.51. The van der Waals surface area contributed by atoms with Gasteiger partial charge >= 0.3 is 15.6 Å². The van der Waals surface area contributed by atoms with Crippen molar-refractivity contribution in [2.24, 2.45) is 5.41 Å². The lowest BCUT2D eigenvalue weighted by Crippen LogP contribution is -2.35. The van der Waals surface area contributed by atoms with Crippen LogP contribution in [0.25, 0.3) is 0 Å². The summed E-state index contributed by atoms with van der Waals surface area (Å²) in [6.07, 6.45) is 1.38. The molecule has 0 amide bonds. The third-order valence-electron chi connectivity index (χ3n) is 3.25. The monoisotopic (exact) mass is 300 g/mol. The molecule has 0 bridgehead atoms. The maximum atomic E-state index is 12.1. The Morgan fingerprint density at radius 3 is 2.53 bits per heavy atom. The molecule has 2 rings (SSSR count). The molecule has 1 saturated heterocycles. The Kier molecular flexibility index (Phi) is 3.38. The van der Waals surface area contributed by atoms with Crippen LogP contribution in [0.4, 0.5) is 13.2 Å². The molecule has 1 fully saturated rings. The average Bonchev–Trinajstić information content (AvgIpc) is 2.72. The van der Waals surface area contributed by atoms with Gasteiger partial charge in [0.2, 0.25) is 0 Å². The number of ketones is 1. The van der Waals surface area contributed by atoms with E-state index in [1.54, 1.807) is 0 Å². The Bertz CT molecular complexity index is 514. The number of carbonyl (C=O) groups is 1. The average molecular weight is 300 g/mol. The van der Waals surface area contributed by atoms with E-state index in [9.17, 15) is 26.4 Å². The second kappa shape index (κ2) is 4.48. The number of halogens is 3. The maximum Gasteiger partial charge on any atom is 0.534 e. The van der Waals surface area contributed by atoms with Crippen LogP contribution >= 0.6 is 0 Å². The molecule has 2 aliphatic rings. The first-order valence-corrected chi connectivity index (χ1v) is 6.88. The Hall–Kier alpha value is -1.09. The molecule has 1 aliphatic heterocycles. The molecule has 0 aromatic heterocycles. The third kappa shape index (κ3) is 2.62. The predicted molar refractivity (Wildman–Crippen MR) is 56.3 cm³/mol. The largest absolute Gasteiger partial charge is 0.534 e. The van der Waals surface area contributed by atoms with Crippen LogP contribution in [0.15, 0.2) is 11.8 Å². The van der Waals surface area contributed by atoms with Gasteiger partial charge in [0.05, 0.1) is 18.4 Å². The highest BCUT2D eigenvalue weighted by atomic mass is 32.2. The third-order valence-corrected chi connectivity index (χ3v) is 4.25. The lowest BCUT2D eigenvalue weighted by molar-refractivity contribution is -0.129. The van der Waals surface area contributed by atoms with Gasteiger partial charge in [-0.05, 0) is 18.9 Å². The Morgan fingerprint density at radius 2 is 2.05 bits per heavy atom. The number of Topliss-reactive ketones (excluding diaryl/α,β-unsaturated/α-hetero) is 1. The zero-order chi connectivity index (χ0) is 14.3. The van der Waals surface area contributed by atoms with Crippen molar-refractivity contribution in [3.8, 4) is 0 Å². The molecular weight excluding hydrogens is 289 g/mol. The van der Waals surface area contributed by atoms with Crippen molar-refractivity contribution < 1.29 is 35.3 Å². The molecule has 1 unspecified atom stereocenters. The van der Waals surface area contributed by atoms with E-state index < -0.39 is 33.2 Å². The minimum Gasteiger partial charge on any atom is -0.380 e. The Labute approximate surface area is 107 Å². The molecule has 0 radical (unpaired) electrons. The summed E-state index contributed by atoms with van der Waals surface area (Å²) in [7, 11) is -5.71. The first kappa shape index (κ1) is 14.3. The first-order chi connectivity index (χ1) is 8.66. The van der Waals surface area contributed by atoms with Crippen molar-refractivity contribution in [2.75, 3.05) is 13.2 Å². The van der Waals surface area contributed by atoms with Gasteiger partial charge in [0.1, 0.15) is 11.5 Å². The van der Waals surface area contributed by atoms with E-state index in [1.807, 2.05) is 0 Å². The number of rotatable bonds is 2. The van der Waals surface area contributed by atoms with Gasteiger partial charge in [-0.3, -0.25) is 4.79 Å². The maximum absolute atomic E-state index is 12.1. The second-order valence-electron chi connectivity index (χ2n) is 4.54. The summed E-state index contributed by atoms with van der Waals surface area (Å²) in [5.74, 6) is -0.820. The molecule has 0 aromatic carbocycles. The van der Waals surface area contributed by atoms with Crippen molar-refractivity contribution >= 4 is 15.9 Å². The number of allylic oxidation sites excluding steroid dienone is 2. The van der Waals surface area contributed by atoms with Crippen LogP contribution in [0.5, 0.6) is 0 Å². The zero-order valence-electron chi connectivity index (χ0n) is 9.70. The first-order valence-electron chi connectivity index (χ1n) is 5.47. The quantitative estimate of drug-likeness (QED) is 0.571. The molecule has 0 aromatic rings. The van der Waals surface area contributed by atoms with E-state index in [1.165, 1.54) is 6.08 Å². The van der Waals surface area contributed by atoms with Gasteiger partial charge in [-0.1, -0.05) is 0 Å². The summed E-state index contributed by atoms with van der Waals surface area (Å²) in [6.45, 7) is 0.623. The van der Waals surface area contributed by atoms with E-state index in [2.05, 4.69) is 4.18 Å². The van der Waals surface area contributed by atoms with Gasteiger partial charge in [-0.2, -0.15) is 21.6 Å². The van der Waals surface area contributed by atoms with Crippen LogP contribution < -0.4 is 0 Å². The van der Waals surface area contributed by atoms with Crippen molar-refractivity contribution in [3.63, 3.8) is 0 Å². The fourth-order valence-electron chi connectivity index (χ4n) is 2.08. The molecule has 0 N–H and O–H groups in total. The van der Waals surface area contributed by atoms with Crippen LogP contribution in [-0.4, -0.2) is 32.9 Å². The molecule has 0 saturated carbocycles. The van der Waals surface area contributed by atoms with Gasteiger partial charge in [-0.15, -0.1) is 0 Å². The van der Waals surface area contributed by atoms with E-state index in [4.69, 9.17) is 4.74 Å². The normalized spacial score (nSPS) is 28.6. The molecular formula is C10H11F3O5S. The number of ether oxygens (including phenoxy) is 1. The number of carbonyl (C=O) groups excluding carboxylic acids is 1. The lowest BCUT2D eigenvalue weighted by atomic mass is 9.75. The van der Waals surface area contributed by atoms with Gasteiger partial charge in [0.15, 0.2) is 0 Å². The van der Waals surface area contributed by atoms with E-state index >= 15 is 0 Å². The van der Waals surface area contributed by atoms with Crippen LogP contribution in [0.2, 0.25) is 0 Å². The fourth-order valence-corrected chi connectivity index (χ4v) is 2.58. The number of hydrogen-bond acceptors (Lipinski definition) is 5. The van der Waals surface area contributed by atoms with Crippen LogP contribution in [0, 0.1) is 5.41 Å². The summed E-state index contributed by atoms with van der Waals surface area (Å²) in [4.78, 5) is 11.9. The lowest BCUT2D eigenvalue weighted by Gasteiger charge is -2.28. The highest BCUT2D eigenvalue weighted by Gasteiger charge is 2.50.